The first-order valence-electron chi connectivity index (χ1n) is 10.7. The monoisotopic (exact) mass is 427 g/mol. The Kier molecular flexibility index (Phi) is 8.03. The van der Waals surface area contributed by atoms with Crippen LogP contribution in [0.15, 0.2) is 60.7 Å². The van der Waals surface area contributed by atoms with Crippen LogP contribution in [0, 0.1) is 0 Å². The molecule has 0 aliphatic heterocycles. The maximum Gasteiger partial charge on any atom is 0.320 e. The highest BCUT2D eigenvalue weighted by Crippen LogP contribution is 2.37. The number of ether oxygens (including phenoxy) is 1. The van der Waals surface area contributed by atoms with Gasteiger partial charge in [-0.3, -0.25) is 4.79 Å². The Labute approximate surface area is 183 Å². The number of carbonyl (C=O) groups excluding carboxylic acids is 1. The normalized spacial score (nSPS) is 13.7. The van der Waals surface area contributed by atoms with Gasteiger partial charge in [0.05, 0.1) is 12.6 Å². The van der Waals surface area contributed by atoms with Crippen LogP contribution in [-0.4, -0.2) is 39.1 Å². The molecule has 4 nitrogen and oxygen atoms in total. The van der Waals surface area contributed by atoms with Gasteiger partial charge in [0.15, 0.2) is 0 Å². The van der Waals surface area contributed by atoms with Crippen molar-refractivity contribution in [3.8, 4) is 0 Å². The molecule has 2 aromatic rings. The maximum atomic E-state index is 12.0. The molecule has 0 unspecified atom stereocenters. The number of esters is 1. The van der Waals surface area contributed by atoms with Crippen molar-refractivity contribution in [3.63, 3.8) is 0 Å². The zero-order valence-electron chi connectivity index (χ0n) is 19.5. The van der Waals surface area contributed by atoms with Gasteiger partial charge < -0.3 is 14.5 Å². The molecule has 0 heterocycles. The lowest BCUT2D eigenvalue weighted by Gasteiger charge is -2.44. The van der Waals surface area contributed by atoms with E-state index in [-0.39, 0.29) is 23.7 Å². The Hall–Kier alpha value is -1.95. The van der Waals surface area contributed by atoms with Gasteiger partial charge in [0.2, 0.25) is 0 Å². The zero-order valence-corrected chi connectivity index (χ0v) is 20.5. The lowest BCUT2D eigenvalue weighted by molar-refractivity contribution is -0.153. The second-order valence-electron chi connectivity index (χ2n) is 9.81. The highest BCUT2D eigenvalue weighted by atomic mass is 28.4. The molecule has 0 aliphatic rings. The summed E-state index contributed by atoms with van der Waals surface area (Å²) in [6.45, 7) is 15.2. The molecule has 5 heteroatoms. The minimum absolute atomic E-state index is 0.0706. The van der Waals surface area contributed by atoms with Gasteiger partial charge in [-0.25, -0.2) is 0 Å². The van der Waals surface area contributed by atoms with Gasteiger partial charge in [-0.1, -0.05) is 81.4 Å². The van der Waals surface area contributed by atoms with Gasteiger partial charge >= 0.3 is 5.97 Å². The summed E-state index contributed by atoms with van der Waals surface area (Å²) in [7, 11) is -2.58. The van der Waals surface area contributed by atoms with Crippen molar-refractivity contribution in [1.82, 2.24) is 5.32 Å². The molecule has 0 radical (unpaired) electrons. The van der Waals surface area contributed by atoms with E-state index >= 15 is 0 Å². The Morgan fingerprint density at radius 2 is 1.37 bits per heavy atom. The molecular formula is C25H37NO3Si. The Balaban J connectivity index is 2.25. The lowest BCUT2D eigenvalue weighted by atomic mass is 10.2. The van der Waals surface area contributed by atoms with Crippen molar-refractivity contribution in [1.29, 1.82) is 0 Å². The first-order chi connectivity index (χ1) is 14.0. The fraction of sp³-hybridized carbons (Fsp3) is 0.480. The molecule has 0 bridgehead atoms. The Morgan fingerprint density at radius 3 is 1.77 bits per heavy atom. The average molecular weight is 428 g/mol. The lowest BCUT2D eigenvalue weighted by Crippen LogP contribution is -2.68. The minimum atomic E-state index is -2.58. The molecule has 30 heavy (non-hydrogen) atoms. The van der Waals surface area contributed by atoms with Crippen LogP contribution in [0.2, 0.25) is 5.04 Å². The summed E-state index contributed by atoms with van der Waals surface area (Å²) in [6, 6.07) is 21.2. The summed E-state index contributed by atoms with van der Waals surface area (Å²) in [5.41, 5.74) is -0.476. The van der Waals surface area contributed by atoms with Crippen LogP contribution in [0.3, 0.4) is 0 Å². The second kappa shape index (κ2) is 9.90. The highest BCUT2D eigenvalue weighted by molar-refractivity contribution is 6.99. The van der Waals surface area contributed by atoms with E-state index in [0.29, 0.717) is 6.54 Å². The van der Waals surface area contributed by atoms with Gasteiger partial charge in [0.25, 0.3) is 8.32 Å². The predicted molar refractivity (Wildman–Crippen MR) is 127 cm³/mol. The molecule has 0 aliphatic carbocycles. The van der Waals surface area contributed by atoms with Crippen molar-refractivity contribution in [2.75, 3.05) is 13.1 Å². The third-order valence-electron chi connectivity index (χ3n) is 4.92. The molecular weight excluding hydrogens is 390 g/mol. The SMILES string of the molecule is C[C@H](CNCC(=O)OC(C)(C)C)O[Si](c1ccccc1)(c1ccccc1)C(C)(C)C. The third-order valence-corrected chi connectivity index (χ3v) is 10.1. The van der Waals surface area contributed by atoms with Crippen molar-refractivity contribution < 1.29 is 14.0 Å². The van der Waals surface area contributed by atoms with Crippen LogP contribution in [0.25, 0.3) is 0 Å². The zero-order chi connectivity index (χ0) is 22.4. The minimum Gasteiger partial charge on any atom is -0.459 e. The quantitative estimate of drug-likeness (QED) is 0.513. The number of nitrogens with one attached hydrogen (secondary N) is 1. The summed E-state index contributed by atoms with van der Waals surface area (Å²) in [5.74, 6) is -0.250. The fourth-order valence-electron chi connectivity index (χ4n) is 3.79. The number of hydrogen-bond donors (Lipinski definition) is 1. The topological polar surface area (TPSA) is 47.6 Å². The van der Waals surface area contributed by atoms with E-state index in [1.807, 2.05) is 32.9 Å². The standard InChI is InChI=1S/C25H37NO3Si/c1-20(18-26-19-23(27)28-24(2,3)4)29-30(25(5,6)7,21-14-10-8-11-15-21)22-16-12-9-13-17-22/h8-17,20,26H,18-19H2,1-7H3/t20-/m1/s1. The fourth-order valence-corrected chi connectivity index (χ4v) is 8.49. The van der Waals surface area contributed by atoms with Gasteiger partial charge in [0, 0.05) is 6.54 Å². The molecule has 1 N–H and O–H groups in total. The van der Waals surface area contributed by atoms with Crippen LogP contribution >= 0.6 is 0 Å². The Morgan fingerprint density at radius 1 is 0.900 bits per heavy atom. The van der Waals surface area contributed by atoms with E-state index in [4.69, 9.17) is 9.16 Å². The van der Waals surface area contributed by atoms with E-state index in [9.17, 15) is 4.79 Å². The molecule has 0 saturated heterocycles. The third kappa shape index (κ3) is 6.27. The van der Waals surface area contributed by atoms with Crippen molar-refractivity contribution in [2.24, 2.45) is 0 Å². The number of benzene rings is 2. The molecule has 2 aromatic carbocycles. The van der Waals surface area contributed by atoms with Gasteiger partial charge in [0.1, 0.15) is 5.60 Å². The summed E-state index contributed by atoms with van der Waals surface area (Å²) < 4.78 is 12.4. The molecule has 164 valence electrons. The summed E-state index contributed by atoms with van der Waals surface area (Å²) in [6.07, 6.45) is -0.0706. The predicted octanol–water partition coefficient (Wildman–Crippen LogP) is 3.88. The first kappa shape index (κ1) is 24.3. The molecule has 2 rings (SSSR count). The Bertz CT molecular complexity index is 755. The second-order valence-corrected chi connectivity index (χ2v) is 14.1. The van der Waals surface area contributed by atoms with E-state index in [0.717, 1.165) is 0 Å². The number of carbonyl (C=O) groups is 1. The average Bonchev–Trinajstić information content (AvgIpc) is 2.65. The van der Waals surface area contributed by atoms with Crippen molar-refractivity contribution >= 4 is 24.7 Å². The van der Waals surface area contributed by atoms with Crippen LogP contribution in [0.5, 0.6) is 0 Å². The van der Waals surface area contributed by atoms with Crippen molar-refractivity contribution in [3.05, 3.63) is 60.7 Å². The van der Waals surface area contributed by atoms with E-state index in [1.165, 1.54) is 10.4 Å². The van der Waals surface area contributed by atoms with E-state index < -0.39 is 13.9 Å². The summed E-state index contributed by atoms with van der Waals surface area (Å²) in [5, 5.41) is 5.64. The number of hydrogen-bond acceptors (Lipinski definition) is 4. The maximum absolute atomic E-state index is 12.0. The van der Waals surface area contributed by atoms with Gasteiger partial charge in [-0.15, -0.1) is 0 Å². The van der Waals surface area contributed by atoms with Crippen LogP contribution < -0.4 is 15.7 Å². The summed E-state index contributed by atoms with van der Waals surface area (Å²) in [4.78, 5) is 12.0. The molecule has 0 spiro atoms. The molecule has 0 aromatic heterocycles. The molecule has 0 fully saturated rings. The van der Waals surface area contributed by atoms with Crippen LogP contribution in [0.1, 0.15) is 48.5 Å². The summed E-state index contributed by atoms with van der Waals surface area (Å²) >= 11 is 0. The highest BCUT2D eigenvalue weighted by Gasteiger charge is 2.50. The largest absolute Gasteiger partial charge is 0.459 e. The van der Waals surface area contributed by atoms with E-state index in [1.54, 1.807) is 0 Å². The molecule has 1 atom stereocenters. The first-order valence-corrected chi connectivity index (χ1v) is 12.6. The molecule has 0 amide bonds. The smallest absolute Gasteiger partial charge is 0.320 e. The van der Waals surface area contributed by atoms with Gasteiger partial charge in [-0.2, -0.15) is 0 Å². The van der Waals surface area contributed by atoms with Gasteiger partial charge in [-0.05, 0) is 43.1 Å². The van der Waals surface area contributed by atoms with E-state index in [2.05, 4.69) is 81.5 Å². The van der Waals surface area contributed by atoms with Crippen molar-refractivity contribution in [2.45, 2.75) is 65.2 Å². The molecule has 0 saturated carbocycles. The van der Waals surface area contributed by atoms with Crippen LogP contribution in [-0.2, 0) is 14.0 Å². The van der Waals surface area contributed by atoms with Crippen LogP contribution in [0.4, 0.5) is 0 Å². The number of rotatable bonds is 8.